The monoisotopic (exact) mass is 326 g/mol. The maximum Gasteiger partial charge on any atom is 0.302 e. The predicted octanol–water partition coefficient (Wildman–Crippen LogP) is 1.81. The number of nitrogens with zero attached hydrogens (tertiary/aromatic N) is 3. The van der Waals surface area contributed by atoms with Crippen LogP contribution >= 0.6 is 0 Å². The first-order valence-corrected chi connectivity index (χ1v) is 7.64. The van der Waals surface area contributed by atoms with Gasteiger partial charge < -0.3 is 4.74 Å². The zero-order valence-electron chi connectivity index (χ0n) is 13.8. The van der Waals surface area contributed by atoms with Crippen LogP contribution in [0, 0.1) is 13.8 Å². The van der Waals surface area contributed by atoms with Crippen molar-refractivity contribution in [2.45, 2.75) is 27.2 Å². The third-order valence-corrected chi connectivity index (χ3v) is 3.78. The second-order valence-corrected chi connectivity index (χ2v) is 5.64. The summed E-state index contributed by atoms with van der Waals surface area (Å²) in [6.45, 7) is 5.25. The van der Waals surface area contributed by atoms with Crippen LogP contribution in [-0.2, 0) is 16.0 Å². The number of nitrogens with one attached hydrogen (secondary N) is 1. The van der Waals surface area contributed by atoms with Crippen LogP contribution in [-0.4, -0.2) is 32.2 Å². The van der Waals surface area contributed by atoms with Crippen molar-refractivity contribution >= 4 is 11.7 Å². The Bertz CT molecular complexity index is 954. The Morgan fingerprint density at radius 2 is 1.92 bits per heavy atom. The highest BCUT2D eigenvalue weighted by Gasteiger charge is 2.14. The first-order valence-electron chi connectivity index (χ1n) is 7.64. The number of ether oxygens (including phenoxy) is 1. The summed E-state index contributed by atoms with van der Waals surface area (Å²) in [4.78, 5) is 32.3. The van der Waals surface area contributed by atoms with Crippen LogP contribution in [0.25, 0.3) is 17.2 Å². The molecule has 24 heavy (non-hydrogen) atoms. The molecule has 0 aliphatic rings. The maximum atomic E-state index is 12.6. The summed E-state index contributed by atoms with van der Waals surface area (Å²) >= 11 is 0. The minimum Gasteiger partial charge on any atom is -0.466 e. The number of aryl methyl sites for hydroxylation is 2. The highest BCUT2D eigenvalue weighted by Crippen LogP contribution is 2.16. The summed E-state index contributed by atoms with van der Waals surface area (Å²) in [5.74, 6) is 0.533. The molecule has 0 bridgehead atoms. The van der Waals surface area contributed by atoms with Crippen molar-refractivity contribution in [1.29, 1.82) is 0 Å². The zero-order chi connectivity index (χ0) is 17.3. The van der Waals surface area contributed by atoms with Crippen LogP contribution in [0.1, 0.15) is 23.7 Å². The van der Waals surface area contributed by atoms with Gasteiger partial charge >= 0.3 is 5.97 Å². The number of carbonyl (C=O) groups excluding carboxylic acids is 1. The lowest BCUT2D eigenvalue weighted by Crippen LogP contribution is -2.23. The van der Waals surface area contributed by atoms with Crippen molar-refractivity contribution in [3.05, 3.63) is 51.4 Å². The molecule has 0 saturated carbocycles. The standard InChI is InChI=1S/C17H18N4O3/c1-10-4-6-13(7-5-10)15-19-17-18-11(2)14(8-9-24-12(3)22)16(23)21(17)20-15/h4-7H,8-9H2,1-3H3,(H,18,19,20). The number of hydrogen-bond donors (Lipinski definition) is 1. The van der Waals surface area contributed by atoms with Crippen molar-refractivity contribution in [3.63, 3.8) is 0 Å². The van der Waals surface area contributed by atoms with Gasteiger partial charge in [0.15, 0.2) is 5.82 Å². The average molecular weight is 326 g/mol. The molecule has 0 atom stereocenters. The van der Waals surface area contributed by atoms with E-state index in [9.17, 15) is 9.59 Å². The van der Waals surface area contributed by atoms with Crippen LogP contribution in [0.3, 0.4) is 0 Å². The molecule has 3 rings (SSSR count). The molecular weight excluding hydrogens is 308 g/mol. The highest BCUT2D eigenvalue weighted by atomic mass is 16.5. The van der Waals surface area contributed by atoms with Crippen LogP contribution in [0.4, 0.5) is 0 Å². The fourth-order valence-corrected chi connectivity index (χ4v) is 2.48. The van der Waals surface area contributed by atoms with Gasteiger partial charge in [0.2, 0.25) is 0 Å². The van der Waals surface area contributed by atoms with Crippen molar-refractivity contribution in [2.24, 2.45) is 0 Å². The summed E-state index contributed by atoms with van der Waals surface area (Å²) < 4.78 is 6.24. The van der Waals surface area contributed by atoms with Gasteiger partial charge in [0.1, 0.15) is 0 Å². The van der Waals surface area contributed by atoms with Gasteiger partial charge in [-0.15, -0.1) is 0 Å². The largest absolute Gasteiger partial charge is 0.466 e. The molecule has 0 saturated heterocycles. The van der Waals surface area contributed by atoms with Gasteiger partial charge in [-0.05, 0) is 13.8 Å². The fraction of sp³-hybridized carbons (Fsp3) is 0.294. The lowest BCUT2D eigenvalue weighted by molar-refractivity contribution is -0.140. The third-order valence-electron chi connectivity index (χ3n) is 3.78. The number of fused-ring (bicyclic) bond motifs is 1. The smallest absolute Gasteiger partial charge is 0.302 e. The number of hydrogen-bond acceptors (Lipinski definition) is 5. The van der Waals surface area contributed by atoms with E-state index in [-0.39, 0.29) is 18.1 Å². The molecular formula is C17H18N4O3. The van der Waals surface area contributed by atoms with Crippen LogP contribution in [0.5, 0.6) is 0 Å². The molecule has 124 valence electrons. The van der Waals surface area contributed by atoms with Crippen molar-refractivity contribution in [2.75, 3.05) is 6.61 Å². The van der Waals surface area contributed by atoms with Crippen molar-refractivity contribution in [1.82, 2.24) is 19.6 Å². The fourth-order valence-electron chi connectivity index (χ4n) is 2.48. The van der Waals surface area contributed by atoms with Gasteiger partial charge in [0.25, 0.3) is 11.3 Å². The van der Waals surface area contributed by atoms with E-state index in [1.165, 1.54) is 11.4 Å². The Labute approximate surface area is 138 Å². The second-order valence-electron chi connectivity index (χ2n) is 5.64. The molecule has 3 aromatic rings. The number of carbonyl (C=O) groups is 1. The van der Waals surface area contributed by atoms with E-state index in [0.717, 1.165) is 11.1 Å². The molecule has 0 fully saturated rings. The molecule has 0 unspecified atom stereocenters. The van der Waals surface area contributed by atoms with Crippen LogP contribution in [0.2, 0.25) is 0 Å². The topological polar surface area (TPSA) is 89.3 Å². The van der Waals surface area contributed by atoms with E-state index in [0.29, 0.717) is 29.3 Å². The number of aromatic nitrogens is 4. The molecule has 7 nitrogen and oxygen atoms in total. The first-order chi connectivity index (χ1) is 11.5. The van der Waals surface area contributed by atoms with Gasteiger partial charge in [0.05, 0.1) is 12.3 Å². The van der Waals surface area contributed by atoms with E-state index < -0.39 is 0 Å². The van der Waals surface area contributed by atoms with Crippen molar-refractivity contribution in [3.8, 4) is 11.4 Å². The summed E-state index contributed by atoms with van der Waals surface area (Å²) in [5.41, 5.74) is 2.90. The molecule has 1 N–H and O–H groups in total. The molecule has 7 heteroatoms. The Hall–Kier alpha value is -2.96. The van der Waals surface area contributed by atoms with Gasteiger partial charge in [-0.2, -0.15) is 9.50 Å². The SMILES string of the molecule is CC(=O)OCCc1c(C)nc2nc(-c3ccc(C)cc3)[nH]n2c1=O. The maximum absolute atomic E-state index is 12.6. The Kier molecular flexibility index (Phi) is 4.16. The lowest BCUT2D eigenvalue weighted by Gasteiger charge is -2.04. The summed E-state index contributed by atoms with van der Waals surface area (Å²) in [6.07, 6.45) is 0.319. The van der Waals surface area contributed by atoms with Gasteiger partial charge in [0, 0.05) is 24.5 Å². The first kappa shape index (κ1) is 15.9. The van der Waals surface area contributed by atoms with Gasteiger partial charge in [-0.3, -0.25) is 14.7 Å². The van der Waals surface area contributed by atoms with Crippen molar-refractivity contribution < 1.29 is 9.53 Å². The zero-order valence-corrected chi connectivity index (χ0v) is 13.8. The molecule has 2 heterocycles. The Morgan fingerprint density at radius 1 is 1.21 bits per heavy atom. The third kappa shape index (κ3) is 3.05. The number of rotatable bonds is 4. The Balaban J connectivity index is 2.00. The second kappa shape index (κ2) is 6.27. The summed E-state index contributed by atoms with van der Waals surface area (Å²) in [5, 5.41) is 2.99. The molecule has 0 aliphatic carbocycles. The normalized spacial score (nSPS) is 11.0. The average Bonchev–Trinajstić information content (AvgIpc) is 2.95. The van der Waals surface area contributed by atoms with E-state index >= 15 is 0 Å². The minimum atomic E-state index is -0.370. The molecule has 0 aliphatic heterocycles. The number of benzene rings is 1. The minimum absolute atomic E-state index is 0.151. The number of esters is 1. The van der Waals surface area contributed by atoms with Gasteiger partial charge in [-0.1, -0.05) is 29.8 Å². The molecule has 0 amide bonds. The predicted molar refractivity (Wildman–Crippen MR) is 88.9 cm³/mol. The number of H-pyrrole nitrogens is 1. The van der Waals surface area contributed by atoms with Crippen LogP contribution < -0.4 is 5.56 Å². The van der Waals surface area contributed by atoms with E-state index in [4.69, 9.17) is 4.74 Å². The lowest BCUT2D eigenvalue weighted by atomic mass is 10.1. The van der Waals surface area contributed by atoms with E-state index in [1.54, 1.807) is 6.92 Å². The summed E-state index contributed by atoms with van der Waals surface area (Å²) in [7, 11) is 0. The molecule has 0 radical (unpaired) electrons. The summed E-state index contributed by atoms with van der Waals surface area (Å²) in [6, 6.07) is 7.84. The molecule has 1 aromatic carbocycles. The Morgan fingerprint density at radius 3 is 2.58 bits per heavy atom. The van der Waals surface area contributed by atoms with E-state index in [2.05, 4.69) is 15.1 Å². The van der Waals surface area contributed by atoms with Crippen LogP contribution in [0.15, 0.2) is 29.1 Å². The highest BCUT2D eigenvalue weighted by molar-refractivity contribution is 5.65. The molecule has 0 spiro atoms. The number of aromatic amines is 1. The van der Waals surface area contributed by atoms with E-state index in [1.807, 2.05) is 31.2 Å². The molecule has 2 aromatic heterocycles. The quantitative estimate of drug-likeness (QED) is 0.739. The van der Waals surface area contributed by atoms with Gasteiger partial charge in [-0.25, -0.2) is 4.98 Å².